The second kappa shape index (κ2) is 8.66. The van der Waals surface area contributed by atoms with Gasteiger partial charge in [0.2, 0.25) is 15.9 Å². The fourth-order valence-corrected chi connectivity index (χ4v) is 5.92. The topological polar surface area (TPSA) is 112 Å². The van der Waals surface area contributed by atoms with Crippen molar-refractivity contribution >= 4 is 38.7 Å². The van der Waals surface area contributed by atoms with Gasteiger partial charge in [-0.2, -0.15) is 13.1 Å². The molecule has 1 aliphatic heterocycles. The van der Waals surface area contributed by atoms with Gasteiger partial charge in [0.15, 0.2) is 0 Å². The van der Waals surface area contributed by atoms with Crippen molar-refractivity contribution < 1.29 is 18.3 Å². The van der Waals surface area contributed by atoms with E-state index in [0.717, 1.165) is 17.3 Å². The van der Waals surface area contributed by atoms with Crippen LogP contribution in [0.15, 0.2) is 47.4 Å². The van der Waals surface area contributed by atoms with Gasteiger partial charge >= 0.3 is 0 Å². The first-order chi connectivity index (χ1) is 14.4. The highest BCUT2D eigenvalue weighted by Gasteiger charge is 2.34. The first-order valence-corrected chi connectivity index (χ1v) is 11.9. The molecule has 2 aromatic carbocycles. The minimum atomic E-state index is -3.76. The number of aromatic hydroxyl groups is 1. The molecule has 0 spiro atoms. The first-order valence-electron chi connectivity index (χ1n) is 9.72. The maximum atomic E-state index is 13.2. The number of carbonyl (C=O) groups excluding carboxylic acids is 1. The molecule has 0 radical (unpaired) electrons. The number of sulfonamides is 1. The van der Waals surface area contributed by atoms with Crippen molar-refractivity contribution in [3.8, 4) is 5.75 Å². The van der Waals surface area contributed by atoms with Gasteiger partial charge < -0.3 is 10.4 Å². The number of phenols is 1. The van der Waals surface area contributed by atoms with Gasteiger partial charge in [-0.1, -0.05) is 18.2 Å². The zero-order valence-corrected chi connectivity index (χ0v) is 17.8. The lowest BCUT2D eigenvalue weighted by Gasteiger charge is -2.31. The summed E-state index contributed by atoms with van der Waals surface area (Å²) in [5.41, 5.74) is 1.94. The van der Waals surface area contributed by atoms with Crippen molar-refractivity contribution in [1.29, 1.82) is 0 Å². The van der Waals surface area contributed by atoms with Gasteiger partial charge in [0.25, 0.3) is 0 Å². The maximum Gasteiger partial charge on any atom is 0.245 e. The molecule has 0 saturated carbocycles. The lowest BCUT2D eigenvalue weighted by atomic mass is 9.99. The van der Waals surface area contributed by atoms with Crippen LogP contribution in [0.4, 0.5) is 0 Å². The van der Waals surface area contributed by atoms with Crippen molar-refractivity contribution in [2.75, 3.05) is 19.6 Å². The zero-order valence-electron chi connectivity index (χ0n) is 16.2. The number of hydrogen-bond acceptors (Lipinski definition) is 7. The summed E-state index contributed by atoms with van der Waals surface area (Å²) in [6.45, 7) is 0.992. The van der Waals surface area contributed by atoms with Crippen molar-refractivity contribution in [2.45, 2.75) is 24.2 Å². The van der Waals surface area contributed by atoms with Crippen LogP contribution in [0.2, 0.25) is 0 Å². The van der Waals surface area contributed by atoms with E-state index in [1.54, 1.807) is 30.3 Å². The highest BCUT2D eigenvalue weighted by Crippen LogP contribution is 2.28. The Bertz CT molecular complexity index is 1150. The number of carbonyl (C=O) groups is 1. The van der Waals surface area contributed by atoms with Crippen molar-refractivity contribution in [3.63, 3.8) is 0 Å². The van der Waals surface area contributed by atoms with Crippen molar-refractivity contribution in [3.05, 3.63) is 48.0 Å². The van der Waals surface area contributed by atoms with Crippen molar-refractivity contribution in [2.24, 2.45) is 5.92 Å². The standard InChI is InChI=1S/C20H22N4O4S2/c25-16-8-6-14(7-9-16)10-11-21-20(26)15-3-2-12-24(13-15)30(27,28)18-5-1-4-17-19(18)23-29-22-17/h1,4-9,15,25H,2-3,10-13H2,(H,21,26). The average Bonchev–Trinajstić information content (AvgIpc) is 3.24. The smallest absolute Gasteiger partial charge is 0.245 e. The van der Waals surface area contributed by atoms with Crippen LogP contribution in [-0.4, -0.2) is 52.1 Å². The second-order valence-electron chi connectivity index (χ2n) is 7.30. The summed E-state index contributed by atoms with van der Waals surface area (Å²) in [7, 11) is -3.76. The lowest BCUT2D eigenvalue weighted by Crippen LogP contribution is -2.45. The molecule has 10 heteroatoms. The van der Waals surface area contributed by atoms with E-state index in [4.69, 9.17) is 0 Å². The van der Waals surface area contributed by atoms with Gasteiger partial charge in [0.05, 0.1) is 17.6 Å². The van der Waals surface area contributed by atoms with Crippen LogP contribution in [0.5, 0.6) is 5.75 Å². The van der Waals surface area contributed by atoms with Gasteiger partial charge in [-0.05, 0) is 49.1 Å². The van der Waals surface area contributed by atoms with Gasteiger partial charge in [0, 0.05) is 19.6 Å². The Hall–Kier alpha value is -2.56. The van der Waals surface area contributed by atoms with E-state index in [1.165, 1.54) is 4.31 Å². The molecule has 158 valence electrons. The molecule has 2 heterocycles. The van der Waals surface area contributed by atoms with E-state index >= 15 is 0 Å². The molecule has 3 aromatic rings. The molecule has 2 N–H and O–H groups in total. The van der Waals surface area contributed by atoms with Crippen LogP contribution in [0.25, 0.3) is 11.0 Å². The zero-order chi connectivity index (χ0) is 21.1. The Morgan fingerprint density at radius 1 is 1.20 bits per heavy atom. The number of fused-ring (bicyclic) bond motifs is 1. The van der Waals surface area contributed by atoms with Crippen LogP contribution in [-0.2, 0) is 21.2 Å². The quantitative estimate of drug-likeness (QED) is 0.600. The summed E-state index contributed by atoms with van der Waals surface area (Å²) >= 11 is 0.982. The number of nitrogens with zero attached hydrogens (tertiary/aromatic N) is 3. The molecule has 1 unspecified atom stereocenters. The number of benzene rings is 2. The molecule has 0 bridgehead atoms. The van der Waals surface area contributed by atoms with Crippen molar-refractivity contribution in [1.82, 2.24) is 18.4 Å². The largest absolute Gasteiger partial charge is 0.508 e. The SMILES string of the molecule is O=C(NCCc1ccc(O)cc1)C1CCCN(S(=O)(=O)c2cccc3nsnc23)C1. The maximum absolute atomic E-state index is 13.2. The molecule has 30 heavy (non-hydrogen) atoms. The molecule has 1 atom stereocenters. The number of rotatable bonds is 6. The predicted molar refractivity (Wildman–Crippen MR) is 114 cm³/mol. The van der Waals surface area contributed by atoms with Gasteiger partial charge in [-0.15, -0.1) is 0 Å². The second-order valence-corrected chi connectivity index (χ2v) is 9.73. The van der Waals surface area contributed by atoms with E-state index in [1.807, 2.05) is 12.1 Å². The van der Waals surface area contributed by atoms with Crippen LogP contribution in [0, 0.1) is 5.92 Å². The summed E-state index contributed by atoms with van der Waals surface area (Å²) in [5.74, 6) is -0.321. The molecular weight excluding hydrogens is 424 g/mol. The summed E-state index contributed by atoms with van der Waals surface area (Å²) in [4.78, 5) is 12.8. The molecule has 0 aliphatic carbocycles. The predicted octanol–water partition coefficient (Wildman–Crippen LogP) is 2.16. The number of phenolic OH excluding ortho intramolecular Hbond substituents is 1. The van der Waals surface area contributed by atoms with E-state index in [2.05, 4.69) is 14.1 Å². The molecule has 1 saturated heterocycles. The summed E-state index contributed by atoms with van der Waals surface area (Å²) in [6.07, 6.45) is 1.92. The fourth-order valence-electron chi connectivity index (χ4n) is 3.64. The molecule has 8 nitrogen and oxygen atoms in total. The molecule has 1 aromatic heterocycles. The number of amides is 1. The molecule has 1 amide bonds. The van der Waals surface area contributed by atoms with Gasteiger partial charge in [0.1, 0.15) is 21.7 Å². The minimum absolute atomic E-state index is 0.137. The van der Waals surface area contributed by atoms with E-state index < -0.39 is 10.0 Å². The van der Waals surface area contributed by atoms with Crippen LogP contribution >= 0.6 is 11.7 Å². The third-order valence-electron chi connectivity index (χ3n) is 5.27. The monoisotopic (exact) mass is 446 g/mol. The minimum Gasteiger partial charge on any atom is -0.508 e. The number of nitrogens with one attached hydrogen (secondary N) is 1. The Morgan fingerprint density at radius 3 is 2.80 bits per heavy atom. The van der Waals surface area contributed by atoms with Gasteiger partial charge in [-0.3, -0.25) is 4.79 Å². The highest BCUT2D eigenvalue weighted by molar-refractivity contribution is 7.89. The number of hydrogen-bond donors (Lipinski definition) is 2. The normalized spacial score (nSPS) is 17.8. The Morgan fingerprint density at radius 2 is 2.00 bits per heavy atom. The number of aromatic nitrogens is 2. The molecule has 4 rings (SSSR count). The highest BCUT2D eigenvalue weighted by atomic mass is 32.2. The first kappa shape index (κ1) is 20.7. The third-order valence-corrected chi connectivity index (χ3v) is 7.71. The summed E-state index contributed by atoms with van der Waals surface area (Å²) in [5, 5.41) is 12.2. The Balaban J connectivity index is 1.40. The van der Waals surface area contributed by atoms with Crippen LogP contribution in [0.3, 0.4) is 0 Å². The van der Waals surface area contributed by atoms with Gasteiger partial charge in [-0.25, -0.2) is 8.42 Å². The summed E-state index contributed by atoms with van der Waals surface area (Å²) < 4.78 is 36.0. The fraction of sp³-hybridized carbons (Fsp3) is 0.350. The van der Waals surface area contributed by atoms with E-state index in [0.29, 0.717) is 43.4 Å². The molecule has 1 aliphatic rings. The Labute approximate surface area is 178 Å². The number of piperidine rings is 1. The average molecular weight is 447 g/mol. The van der Waals surface area contributed by atoms with E-state index in [9.17, 15) is 18.3 Å². The third kappa shape index (κ3) is 4.30. The van der Waals surface area contributed by atoms with Crippen LogP contribution < -0.4 is 5.32 Å². The lowest BCUT2D eigenvalue weighted by molar-refractivity contribution is -0.126. The summed E-state index contributed by atoms with van der Waals surface area (Å²) in [6, 6.07) is 11.8. The molecular formula is C20H22N4O4S2. The van der Waals surface area contributed by atoms with E-state index in [-0.39, 0.29) is 29.0 Å². The molecule has 1 fully saturated rings. The Kier molecular flexibility index (Phi) is 5.98. The van der Waals surface area contributed by atoms with Crippen LogP contribution in [0.1, 0.15) is 18.4 Å².